The quantitative estimate of drug-likeness (QED) is 0.647. The number of anilines is 1. The fourth-order valence-electron chi connectivity index (χ4n) is 1.64. The Balaban J connectivity index is 2.30. The zero-order chi connectivity index (χ0) is 13.3. The molecule has 8 heteroatoms. The van der Waals surface area contributed by atoms with Gasteiger partial charge in [0.2, 0.25) is 0 Å². The Labute approximate surface area is 107 Å². The third-order valence-corrected chi connectivity index (χ3v) is 2.86. The number of carboxylic acids is 1. The van der Waals surface area contributed by atoms with Gasteiger partial charge in [0.15, 0.2) is 0 Å². The molecule has 0 radical (unpaired) electrons. The van der Waals surface area contributed by atoms with Crippen molar-refractivity contribution in [3.8, 4) is 0 Å². The molecule has 18 heavy (non-hydrogen) atoms. The second-order valence-electron chi connectivity index (χ2n) is 4.01. The molecule has 0 aliphatic heterocycles. The molecule has 0 spiro atoms. The summed E-state index contributed by atoms with van der Waals surface area (Å²) < 4.78 is 0. The molecule has 0 bridgehead atoms. The SMILES string of the molecule is O=C(O)CN(c1ncc([N+](=O)[O-])cc1Cl)C1CC1. The van der Waals surface area contributed by atoms with Gasteiger partial charge in [-0.25, -0.2) is 4.98 Å². The third-order valence-electron chi connectivity index (χ3n) is 2.58. The predicted molar refractivity (Wildman–Crippen MR) is 63.9 cm³/mol. The third kappa shape index (κ3) is 2.67. The van der Waals surface area contributed by atoms with Crippen LogP contribution in [0.3, 0.4) is 0 Å². The lowest BCUT2D eigenvalue weighted by atomic mass is 10.3. The van der Waals surface area contributed by atoms with Crippen LogP contribution in [0.15, 0.2) is 12.3 Å². The van der Waals surface area contributed by atoms with E-state index >= 15 is 0 Å². The van der Waals surface area contributed by atoms with E-state index in [-0.39, 0.29) is 29.1 Å². The van der Waals surface area contributed by atoms with E-state index in [1.54, 1.807) is 4.90 Å². The van der Waals surface area contributed by atoms with Crippen LogP contribution < -0.4 is 4.90 Å². The first-order valence-corrected chi connectivity index (χ1v) is 5.65. The van der Waals surface area contributed by atoms with Crippen LogP contribution in [0.1, 0.15) is 12.8 Å². The molecule has 2 rings (SSSR count). The predicted octanol–water partition coefficient (Wildman–Crippen LogP) is 1.70. The van der Waals surface area contributed by atoms with Gasteiger partial charge in [0.25, 0.3) is 5.69 Å². The number of carbonyl (C=O) groups is 1. The maximum Gasteiger partial charge on any atom is 0.323 e. The highest BCUT2D eigenvalue weighted by Crippen LogP contribution is 2.35. The molecule has 96 valence electrons. The number of aliphatic carboxylic acids is 1. The Morgan fingerprint density at radius 3 is 2.78 bits per heavy atom. The average Bonchev–Trinajstić information content (AvgIpc) is 3.09. The molecule has 1 saturated carbocycles. The number of carboxylic acid groups (broad SMARTS) is 1. The van der Waals surface area contributed by atoms with Gasteiger partial charge in [-0.3, -0.25) is 14.9 Å². The Hall–Kier alpha value is -1.89. The smallest absolute Gasteiger partial charge is 0.323 e. The number of pyridine rings is 1. The molecule has 1 aromatic heterocycles. The minimum absolute atomic E-state index is 0.0948. The van der Waals surface area contributed by atoms with E-state index in [0.717, 1.165) is 19.0 Å². The highest BCUT2D eigenvalue weighted by atomic mass is 35.5. The van der Waals surface area contributed by atoms with Crippen molar-refractivity contribution in [3.05, 3.63) is 27.4 Å². The van der Waals surface area contributed by atoms with Crippen molar-refractivity contribution < 1.29 is 14.8 Å². The molecule has 0 saturated heterocycles. The molecule has 1 aliphatic carbocycles. The van der Waals surface area contributed by atoms with Crippen LogP contribution in [0.5, 0.6) is 0 Å². The maximum absolute atomic E-state index is 10.8. The number of rotatable bonds is 5. The molecule has 1 heterocycles. The number of nitrogens with zero attached hydrogens (tertiary/aromatic N) is 3. The number of hydrogen-bond donors (Lipinski definition) is 1. The van der Waals surface area contributed by atoms with Gasteiger partial charge in [0.05, 0.1) is 9.95 Å². The Morgan fingerprint density at radius 1 is 1.67 bits per heavy atom. The first kappa shape index (κ1) is 12.6. The molecule has 0 unspecified atom stereocenters. The molecular formula is C10H10ClN3O4. The summed E-state index contributed by atoms with van der Waals surface area (Å²) in [5, 5.41) is 19.5. The van der Waals surface area contributed by atoms with Crippen molar-refractivity contribution in [1.29, 1.82) is 0 Å². The van der Waals surface area contributed by atoms with Crippen molar-refractivity contribution in [2.75, 3.05) is 11.4 Å². The lowest BCUT2D eigenvalue weighted by Gasteiger charge is -2.21. The minimum Gasteiger partial charge on any atom is -0.480 e. The summed E-state index contributed by atoms with van der Waals surface area (Å²) in [4.78, 5) is 26.2. The minimum atomic E-state index is -0.988. The highest BCUT2D eigenvalue weighted by Gasteiger charge is 2.33. The zero-order valence-electron chi connectivity index (χ0n) is 9.24. The van der Waals surface area contributed by atoms with Gasteiger partial charge in [0.1, 0.15) is 18.6 Å². The molecule has 7 nitrogen and oxygen atoms in total. The van der Waals surface area contributed by atoms with E-state index in [1.165, 1.54) is 6.07 Å². The number of aromatic nitrogens is 1. The standard InChI is InChI=1S/C10H10ClN3O4/c11-8-3-7(14(17)18)4-12-10(8)13(5-9(15)16)6-1-2-6/h3-4,6H,1-2,5H2,(H,15,16). The van der Waals surface area contributed by atoms with Crippen LogP contribution in [-0.2, 0) is 4.79 Å². The molecule has 1 N–H and O–H groups in total. The van der Waals surface area contributed by atoms with Crippen molar-refractivity contribution in [2.24, 2.45) is 0 Å². The van der Waals surface area contributed by atoms with Crippen molar-refractivity contribution in [2.45, 2.75) is 18.9 Å². The van der Waals surface area contributed by atoms with Crippen molar-refractivity contribution in [1.82, 2.24) is 4.98 Å². The van der Waals surface area contributed by atoms with E-state index < -0.39 is 10.9 Å². The van der Waals surface area contributed by atoms with E-state index in [4.69, 9.17) is 16.7 Å². The largest absolute Gasteiger partial charge is 0.480 e. The second kappa shape index (κ2) is 4.77. The zero-order valence-corrected chi connectivity index (χ0v) is 10.0. The van der Waals surface area contributed by atoms with E-state index in [2.05, 4.69) is 4.98 Å². The Morgan fingerprint density at radius 2 is 2.33 bits per heavy atom. The highest BCUT2D eigenvalue weighted by molar-refractivity contribution is 6.33. The van der Waals surface area contributed by atoms with Gasteiger partial charge in [-0.05, 0) is 12.8 Å². The lowest BCUT2D eigenvalue weighted by Crippen LogP contribution is -2.32. The molecule has 0 aromatic carbocycles. The summed E-state index contributed by atoms with van der Waals surface area (Å²) in [5.41, 5.74) is -0.213. The van der Waals surface area contributed by atoms with Gasteiger partial charge >= 0.3 is 5.97 Å². The Bertz CT molecular complexity index is 504. The van der Waals surface area contributed by atoms with Gasteiger partial charge in [-0.2, -0.15) is 0 Å². The van der Waals surface area contributed by atoms with Crippen LogP contribution in [0, 0.1) is 10.1 Å². The second-order valence-corrected chi connectivity index (χ2v) is 4.42. The van der Waals surface area contributed by atoms with Crippen molar-refractivity contribution in [3.63, 3.8) is 0 Å². The summed E-state index contributed by atoms with van der Waals surface area (Å²) >= 11 is 5.92. The van der Waals surface area contributed by atoms with Gasteiger partial charge in [0, 0.05) is 12.1 Å². The first-order chi connectivity index (χ1) is 8.49. The van der Waals surface area contributed by atoms with E-state index in [9.17, 15) is 14.9 Å². The number of nitro groups is 1. The van der Waals surface area contributed by atoms with E-state index in [1.807, 2.05) is 0 Å². The molecule has 0 amide bonds. The summed E-state index contributed by atoms with van der Waals surface area (Å²) in [7, 11) is 0. The average molecular weight is 272 g/mol. The van der Waals surface area contributed by atoms with Crippen LogP contribution in [-0.4, -0.2) is 33.6 Å². The van der Waals surface area contributed by atoms with E-state index in [0.29, 0.717) is 0 Å². The van der Waals surface area contributed by atoms with Gasteiger partial charge in [-0.15, -0.1) is 0 Å². The van der Waals surface area contributed by atoms with Gasteiger partial charge < -0.3 is 10.0 Å². The molecule has 1 fully saturated rings. The molecule has 1 aliphatic rings. The fourth-order valence-corrected chi connectivity index (χ4v) is 1.91. The monoisotopic (exact) mass is 271 g/mol. The topological polar surface area (TPSA) is 96.6 Å². The van der Waals surface area contributed by atoms with Crippen LogP contribution in [0.4, 0.5) is 11.5 Å². The first-order valence-electron chi connectivity index (χ1n) is 5.27. The lowest BCUT2D eigenvalue weighted by molar-refractivity contribution is -0.385. The van der Waals surface area contributed by atoms with Crippen molar-refractivity contribution >= 4 is 29.1 Å². The van der Waals surface area contributed by atoms with Crippen LogP contribution in [0.25, 0.3) is 0 Å². The summed E-state index contributed by atoms with van der Waals surface area (Å²) in [6, 6.07) is 1.29. The maximum atomic E-state index is 10.8. The van der Waals surface area contributed by atoms with Crippen LogP contribution >= 0.6 is 11.6 Å². The summed E-state index contributed by atoms with van der Waals surface area (Å²) in [6.45, 7) is -0.213. The normalized spacial score (nSPS) is 14.3. The number of halogens is 1. The van der Waals surface area contributed by atoms with Gasteiger partial charge in [-0.1, -0.05) is 11.6 Å². The number of hydrogen-bond acceptors (Lipinski definition) is 5. The fraction of sp³-hybridized carbons (Fsp3) is 0.400. The molecule has 1 aromatic rings. The molecule has 0 atom stereocenters. The summed E-state index contributed by atoms with van der Waals surface area (Å²) in [6.07, 6.45) is 2.84. The molecular weight excluding hydrogens is 262 g/mol. The van der Waals surface area contributed by atoms with Crippen LogP contribution in [0.2, 0.25) is 5.02 Å². The summed E-state index contributed by atoms with van der Waals surface area (Å²) in [5.74, 6) is -0.703. The Kier molecular flexibility index (Phi) is 3.33.